The molecule has 0 radical (unpaired) electrons. The highest BCUT2D eigenvalue weighted by molar-refractivity contribution is 7.18. The molecule has 0 aliphatic rings. The summed E-state index contributed by atoms with van der Waals surface area (Å²) in [7, 11) is 0. The molecule has 0 saturated heterocycles. The fourth-order valence-corrected chi connectivity index (χ4v) is 2.88. The molecular formula is C12H15ClN4OS. The van der Waals surface area contributed by atoms with Gasteiger partial charge in [-0.2, -0.15) is 0 Å². The molecular weight excluding hydrogens is 284 g/mol. The van der Waals surface area contributed by atoms with Crippen LogP contribution < -0.4 is 11.1 Å². The summed E-state index contributed by atoms with van der Waals surface area (Å²) < 4.78 is 0. The predicted molar refractivity (Wildman–Crippen MR) is 78.7 cm³/mol. The fourth-order valence-electron chi connectivity index (χ4n) is 1.78. The van der Waals surface area contributed by atoms with E-state index in [0.29, 0.717) is 6.42 Å². The lowest BCUT2D eigenvalue weighted by Gasteiger charge is -2.06. The van der Waals surface area contributed by atoms with E-state index < -0.39 is 0 Å². The zero-order valence-electron chi connectivity index (χ0n) is 10.6. The number of halogens is 1. The number of anilines is 1. The van der Waals surface area contributed by atoms with Crippen LogP contribution in [-0.2, 0) is 4.79 Å². The normalized spacial score (nSPS) is 10.8. The van der Waals surface area contributed by atoms with Crippen LogP contribution in [0.25, 0.3) is 10.2 Å². The first-order valence-corrected chi connectivity index (χ1v) is 7.21. The Bertz CT molecular complexity index is 599. The van der Waals surface area contributed by atoms with Crippen molar-refractivity contribution in [2.45, 2.75) is 26.2 Å². The van der Waals surface area contributed by atoms with Gasteiger partial charge >= 0.3 is 0 Å². The van der Waals surface area contributed by atoms with Crippen LogP contribution in [0, 0.1) is 6.92 Å². The zero-order valence-corrected chi connectivity index (χ0v) is 12.1. The van der Waals surface area contributed by atoms with E-state index in [1.807, 2.05) is 13.0 Å². The number of aryl methyl sites for hydroxylation is 1. The van der Waals surface area contributed by atoms with Crippen molar-refractivity contribution < 1.29 is 4.79 Å². The van der Waals surface area contributed by atoms with Gasteiger partial charge in [0.1, 0.15) is 10.6 Å². The summed E-state index contributed by atoms with van der Waals surface area (Å²) in [5.74, 6) is 0.486. The zero-order chi connectivity index (χ0) is 13.8. The molecule has 2 aromatic heterocycles. The molecule has 19 heavy (non-hydrogen) atoms. The number of nitrogens with two attached hydrogens (primary N) is 1. The number of nitrogens with zero attached hydrogens (tertiary/aromatic N) is 2. The van der Waals surface area contributed by atoms with Gasteiger partial charge in [0.05, 0.1) is 5.39 Å². The monoisotopic (exact) mass is 298 g/mol. The van der Waals surface area contributed by atoms with Gasteiger partial charge in [-0.1, -0.05) is 0 Å². The SMILES string of the molecule is Cc1cc2c(NCCCCC(N)=O)nc(Cl)nc2s1. The maximum absolute atomic E-state index is 10.6. The van der Waals surface area contributed by atoms with E-state index in [0.717, 1.165) is 35.4 Å². The van der Waals surface area contributed by atoms with Crippen molar-refractivity contribution in [3.8, 4) is 0 Å². The number of hydrogen-bond donors (Lipinski definition) is 2. The van der Waals surface area contributed by atoms with E-state index >= 15 is 0 Å². The van der Waals surface area contributed by atoms with E-state index in [2.05, 4.69) is 15.3 Å². The lowest BCUT2D eigenvalue weighted by molar-refractivity contribution is -0.118. The number of nitrogens with one attached hydrogen (secondary N) is 1. The Morgan fingerprint density at radius 2 is 2.26 bits per heavy atom. The Morgan fingerprint density at radius 3 is 3.00 bits per heavy atom. The van der Waals surface area contributed by atoms with Crippen LogP contribution in [0.2, 0.25) is 5.28 Å². The van der Waals surface area contributed by atoms with Gasteiger partial charge in [0, 0.05) is 17.8 Å². The molecule has 0 saturated carbocycles. The smallest absolute Gasteiger partial charge is 0.225 e. The Balaban J connectivity index is 2.01. The van der Waals surface area contributed by atoms with Gasteiger partial charge in [0.15, 0.2) is 0 Å². The molecule has 7 heteroatoms. The van der Waals surface area contributed by atoms with Crippen LogP contribution in [0.3, 0.4) is 0 Å². The highest BCUT2D eigenvalue weighted by Crippen LogP contribution is 2.29. The minimum absolute atomic E-state index is 0.244. The van der Waals surface area contributed by atoms with E-state index in [1.165, 1.54) is 4.88 Å². The maximum atomic E-state index is 10.6. The Hall–Kier alpha value is -1.40. The third kappa shape index (κ3) is 3.78. The molecule has 0 fully saturated rings. The highest BCUT2D eigenvalue weighted by atomic mass is 35.5. The van der Waals surface area contributed by atoms with Gasteiger partial charge in [0.2, 0.25) is 11.2 Å². The van der Waals surface area contributed by atoms with Gasteiger partial charge in [-0.3, -0.25) is 4.79 Å². The molecule has 0 aromatic carbocycles. The van der Waals surface area contributed by atoms with E-state index in [1.54, 1.807) is 11.3 Å². The average molecular weight is 299 g/mol. The average Bonchev–Trinajstić information content (AvgIpc) is 2.68. The second kappa shape index (κ2) is 6.16. The van der Waals surface area contributed by atoms with Crippen LogP contribution in [0.1, 0.15) is 24.1 Å². The molecule has 0 aliphatic carbocycles. The van der Waals surface area contributed by atoms with Crippen molar-refractivity contribution >= 4 is 44.9 Å². The fraction of sp³-hybridized carbons (Fsp3) is 0.417. The van der Waals surface area contributed by atoms with Gasteiger partial charge in [-0.05, 0) is 37.4 Å². The topological polar surface area (TPSA) is 80.9 Å². The van der Waals surface area contributed by atoms with E-state index in [4.69, 9.17) is 17.3 Å². The van der Waals surface area contributed by atoms with Gasteiger partial charge in [-0.15, -0.1) is 11.3 Å². The lowest BCUT2D eigenvalue weighted by Crippen LogP contribution is -2.11. The number of unbranched alkanes of at least 4 members (excludes halogenated alkanes) is 1. The summed E-state index contributed by atoms with van der Waals surface area (Å²) in [4.78, 5) is 21.1. The summed E-state index contributed by atoms with van der Waals surface area (Å²) in [5, 5.41) is 4.47. The van der Waals surface area contributed by atoms with Crippen molar-refractivity contribution in [2.75, 3.05) is 11.9 Å². The third-order valence-corrected chi connectivity index (χ3v) is 3.74. The Kier molecular flexibility index (Phi) is 4.55. The van der Waals surface area contributed by atoms with Crippen molar-refractivity contribution in [2.24, 2.45) is 5.73 Å². The van der Waals surface area contributed by atoms with Crippen molar-refractivity contribution in [3.63, 3.8) is 0 Å². The molecule has 0 bridgehead atoms. The molecule has 0 unspecified atom stereocenters. The molecule has 5 nitrogen and oxygen atoms in total. The largest absolute Gasteiger partial charge is 0.370 e. The van der Waals surface area contributed by atoms with E-state index in [9.17, 15) is 4.79 Å². The molecule has 2 rings (SSSR count). The van der Waals surface area contributed by atoms with Crippen LogP contribution in [0.5, 0.6) is 0 Å². The third-order valence-electron chi connectivity index (χ3n) is 2.63. The Morgan fingerprint density at radius 1 is 1.47 bits per heavy atom. The van der Waals surface area contributed by atoms with Crippen LogP contribution >= 0.6 is 22.9 Å². The number of carbonyl (C=O) groups excluding carboxylic acids is 1. The Labute approximate surface area is 120 Å². The van der Waals surface area contributed by atoms with Crippen LogP contribution in [0.4, 0.5) is 5.82 Å². The highest BCUT2D eigenvalue weighted by Gasteiger charge is 2.09. The minimum Gasteiger partial charge on any atom is -0.370 e. The second-order valence-corrected chi connectivity index (χ2v) is 5.84. The second-order valence-electron chi connectivity index (χ2n) is 4.27. The standard InChI is InChI=1S/C12H15ClN4OS/c1-7-6-8-10(15-5-3-2-4-9(14)18)16-12(13)17-11(8)19-7/h6H,2-5H2,1H3,(H2,14,18)(H,15,16,17). The summed E-state index contributed by atoms with van der Waals surface area (Å²) >= 11 is 7.49. The van der Waals surface area contributed by atoms with Gasteiger partial charge in [0.25, 0.3) is 0 Å². The van der Waals surface area contributed by atoms with Crippen molar-refractivity contribution in [1.82, 2.24) is 9.97 Å². The summed E-state index contributed by atoms with van der Waals surface area (Å²) in [6, 6.07) is 2.04. The first kappa shape index (κ1) is 14.0. The van der Waals surface area contributed by atoms with Crippen LogP contribution in [-0.4, -0.2) is 22.4 Å². The van der Waals surface area contributed by atoms with Gasteiger partial charge in [-0.25, -0.2) is 9.97 Å². The molecule has 0 spiro atoms. The number of hydrogen-bond acceptors (Lipinski definition) is 5. The molecule has 0 atom stereocenters. The number of amides is 1. The first-order valence-electron chi connectivity index (χ1n) is 6.02. The van der Waals surface area contributed by atoms with Gasteiger partial charge < -0.3 is 11.1 Å². The number of thiophene rings is 1. The lowest BCUT2D eigenvalue weighted by atomic mass is 10.2. The molecule has 2 aromatic rings. The number of primary amides is 1. The molecule has 102 valence electrons. The van der Waals surface area contributed by atoms with Crippen LogP contribution in [0.15, 0.2) is 6.07 Å². The predicted octanol–water partition coefficient (Wildman–Crippen LogP) is 2.72. The number of rotatable bonds is 6. The summed E-state index contributed by atoms with van der Waals surface area (Å²) in [6.07, 6.45) is 2.04. The van der Waals surface area contributed by atoms with Crippen molar-refractivity contribution in [3.05, 3.63) is 16.2 Å². The maximum Gasteiger partial charge on any atom is 0.225 e. The minimum atomic E-state index is -0.263. The first-order chi connectivity index (χ1) is 9.06. The quantitative estimate of drug-likeness (QED) is 0.634. The summed E-state index contributed by atoms with van der Waals surface area (Å²) in [5.41, 5.74) is 5.09. The molecule has 1 amide bonds. The summed E-state index contributed by atoms with van der Waals surface area (Å²) in [6.45, 7) is 2.75. The van der Waals surface area contributed by atoms with Crippen molar-refractivity contribution in [1.29, 1.82) is 0 Å². The number of carbonyl (C=O) groups is 1. The number of fused-ring (bicyclic) bond motifs is 1. The van der Waals surface area contributed by atoms with E-state index in [-0.39, 0.29) is 11.2 Å². The molecule has 3 N–H and O–H groups in total. The molecule has 0 aliphatic heterocycles. The number of aromatic nitrogens is 2. The molecule has 2 heterocycles.